The van der Waals surface area contributed by atoms with E-state index >= 15 is 0 Å². The molecule has 12 heavy (non-hydrogen) atoms. The van der Waals surface area contributed by atoms with Crippen molar-refractivity contribution in [2.75, 3.05) is 6.26 Å². The molecule has 2 heteroatoms. The average molecular weight is 177 g/mol. The van der Waals surface area contributed by atoms with Crippen molar-refractivity contribution in [1.29, 1.82) is 0 Å². The van der Waals surface area contributed by atoms with E-state index in [4.69, 9.17) is 0 Å². The van der Waals surface area contributed by atoms with Gasteiger partial charge in [0.2, 0.25) is 0 Å². The van der Waals surface area contributed by atoms with Crippen molar-refractivity contribution in [2.45, 2.75) is 6.92 Å². The molecule has 0 saturated carbocycles. The molecule has 0 aliphatic heterocycles. The highest BCUT2D eigenvalue weighted by atomic mass is 32.2. The van der Waals surface area contributed by atoms with Gasteiger partial charge in [-0.05, 0) is 30.5 Å². The Morgan fingerprint density at radius 1 is 1.25 bits per heavy atom. The van der Waals surface area contributed by atoms with Gasteiger partial charge in [-0.1, -0.05) is 18.2 Å². The number of rotatable bonds is 1. The molecule has 0 aliphatic carbocycles. The number of hydrogen-bond donors (Lipinski definition) is 0. The zero-order valence-corrected chi connectivity index (χ0v) is 8.06. The maximum Gasteiger partial charge on any atom is 0.0593 e. The van der Waals surface area contributed by atoms with Gasteiger partial charge in [-0.3, -0.25) is 3.97 Å². The zero-order chi connectivity index (χ0) is 8.55. The summed E-state index contributed by atoms with van der Waals surface area (Å²) < 4.78 is 2.20. The molecule has 1 aromatic heterocycles. The minimum absolute atomic E-state index is 1.31. The zero-order valence-electron chi connectivity index (χ0n) is 7.24. The lowest BCUT2D eigenvalue weighted by Gasteiger charge is -1.96. The molecule has 2 aromatic rings. The van der Waals surface area contributed by atoms with Gasteiger partial charge >= 0.3 is 0 Å². The molecule has 0 saturated heterocycles. The standard InChI is InChI=1S/C10H11NS/c1-8-7-11(12-2)10-6-4-3-5-9(8)10/h3-7H,1-2H3. The third-order valence-electron chi connectivity index (χ3n) is 2.07. The molecule has 0 fully saturated rings. The van der Waals surface area contributed by atoms with E-state index < -0.39 is 0 Å². The van der Waals surface area contributed by atoms with Crippen LogP contribution in [0.1, 0.15) is 5.56 Å². The van der Waals surface area contributed by atoms with E-state index in [2.05, 4.69) is 47.6 Å². The molecule has 0 radical (unpaired) electrons. The number of nitrogens with zero attached hydrogens (tertiary/aromatic N) is 1. The molecule has 0 aliphatic rings. The predicted octanol–water partition coefficient (Wildman–Crippen LogP) is 3.08. The maximum absolute atomic E-state index is 2.20. The van der Waals surface area contributed by atoms with Gasteiger partial charge < -0.3 is 0 Å². The van der Waals surface area contributed by atoms with Crippen LogP contribution in [0.4, 0.5) is 0 Å². The van der Waals surface area contributed by atoms with Crippen molar-refractivity contribution in [3.05, 3.63) is 36.0 Å². The van der Waals surface area contributed by atoms with Crippen LogP contribution in [-0.4, -0.2) is 10.2 Å². The van der Waals surface area contributed by atoms with Gasteiger partial charge in [-0.2, -0.15) is 0 Å². The summed E-state index contributed by atoms with van der Waals surface area (Å²) in [4.78, 5) is 0. The minimum atomic E-state index is 1.31. The van der Waals surface area contributed by atoms with E-state index in [1.807, 2.05) is 0 Å². The third kappa shape index (κ3) is 1.03. The molecule has 0 bridgehead atoms. The van der Waals surface area contributed by atoms with Gasteiger partial charge in [-0.25, -0.2) is 0 Å². The van der Waals surface area contributed by atoms with Crippen molar-refractivity contribution in [1.82, 2.24) is 3.97 Å². The first kappa shape index (κ1) is 7.74. The summed E-state index contributed by atoms with van der Waals surface area (Å²) in [7, 11) is 0. The molecule has 1 heterocycles. The van der Waals surface area contributed by atoms with Crippen LogP contribution >= 0.6 is 11.9 Å². The summed E-state index contributed by atoms with van der Waals surface area (Å²) in [6.07, 6.45) is 4.27. The van der Waals surface area contributed by atoms with Crippen LogP contribution in [0, 0.1) is 6.92 Å². The highest BCUT2D eigenvalue weighted by molar-refractivity contribution is 7.97. The number of para-hydroxylation sites is 1. The fourth-order valence-electron chi connectivity index (χ4n) is 1.47. The van der Waals surface area contributed by atoms with Gasteiger partial charge in [0.1, 0.15) is 0 Å². The molecule has 1 nitrogen and oxygen atoms in total. The molecule has 0 N–H and O–H groups in total. The van der Waals surface area contributed by atoms with Crippen LogP contribution < -0.4 is 0 Å². The normalized spacial score (nSPS) is 10.8. The van der Waals surface area contributed by atoms with Crippen molar-refractivity contribution in [3.63, 3.8) is 0 Å². The summed E-state index contributed by atoms with van der Waals surface area (Å²) in [5.41, 5.74) is 2.66. The first-order valence-corrected chi connectivity index (χ1v) is 5.12. The summed E-state index contributed by atoms with van der Waals surface area (Å²) in [6.45, 7) is 2.15. The van der Waals surface area contributed by atoms with E-state index in [1.54, 1.807) is 11.9 Å². The van der Waals surface area contributed by atoms with Crippen molar-refractivity contribution < 1.29 is 0 Å². The van der Waals surface area contributed by atoms with Crippen molar-refractivity contribution in [3.8, 4) is 0 Å². The summed E-state index contributed by atoms with van der Waals surface area (Å²) in [5, 5.41) is 1.35. The minimum Gasteiger partial charge on any atom is -0.291 e. The lowest BCUT2D eigenvalue weighted by Crippen LogP contribution is -1.79. The van der Waals surface area contributed by atoms with Gasteiger partial charge in [-0.15, -0.1) is 0 Å². The Morgan fingerprint density at radius 3 is 2.75 bits per heavy atom. The number of aromatic nitrogens is 1. The van der Waals surface area contributed by atoms with Crippen LogP contribution in [0.5, 0.6) is 0 Å². The second kappa shape index (κ2) is 2.87. The Labute approximate surface area is 76.5 Å². The molecule has 2 rings (SSSR count). The Hall–Kier alpha value is -0.890. The Balaban J connectivity index is 2.82. The predicted molar refractivity (Wildman–Crippen MR) is 55.6 cm³/mol. The number of hydrogen-bond acceptors (Lipinski definition) is 1. The van der Waals surface area contributed by atoms with Crippen molar-refractivity contribution >= 4 is 22.9 Å². The molecule has 0 amide bonds. The Kier molecular flexibility index (Phi) is 1.85. The van der Waals surface area contributed by atoms with Crippen LogP contribution in [0.15, 0.2) is 30.5 Å². The molecule has 1 aromatic carbocycles. The van der Waals surface area contributed by atoms with Gasteiger partial charge in [0.05, 0.1) is 5.52 Å². The summed E-state index contributed by atoms with van der Waals surface area (Å²) in [5.74, 6) is 0. The van der Waals surface area contributed by atoms with Gasteiger partial charge in [0.15, 0.2) is 0 Å². The molecule has 0 atom stereocenters. The van der Waals surface area contributed by atoms with Crippen LogP contribution in [-0.2, 0) is 0 Å². The van der Waals surface area contributed by atoms with Crippen LogP contribution in [0.25, 0.3) is 10.9 Å². The number of aryl methyl sites for hydroxylation is 1. The van der Waals surface area contributed by atoms with E-state index in [9.17, 15) is 0 Å². The maximum atomic E-state index is 2.20. The topological polar surface area (TPSA) is 4.93 Å². The largest absolute Gasteiger partial charge is 0.291 e. The quantitative estimate of drug-likeness (QED) is 0.648. The number of fused-ring (bicyclic) bond motifs is 1. The highest BCUT2D eigenvalue weighted by Gasteiger charge is 2.01. The second-order valence-corrected chi connectivity index (χ2v) is 3.60. The third-order valence-corrected chi connectivity index (χ3v) is 2.77. The first-order chi connectivity index (χ1) is 5.83. The second-order valence-electron chi connectivity index (χ2n) is 2.84. The van der Waals surface area contributed by atoms with E-state index in [0.29, 0.717) is 0 Å². The lowest BCUT2D eigenvalue weighted by molar-refractivity contribution is 1.33. The van der Waals surface area contributed by atoms with Crippen molar-refractivity contribution in [2.24, 2.45) is 0 Å². The van der Waals surface area contributed by atoms with E-state index in [-0.39, 0.29) is 0 Å². The summed E-state index contributed by atoms with van der Waals surface area (Å²) in [6, 6.07) is 8.48. The fourth-order valence-corrected chi connectivity index (χ4v) is 2.08. The molecule has 0 spiro atoms. The number of benzene rings is 1. The smallest absolute Gasteiger partial charge is 0.0593 e. The monoisotopic (exact) mass is 177 g/mol. The lowest BCUT2D eigenvalue weighted by atomic mass is 10.2. The molecule has 0 unspecified atom stereocenters. The summed E-state index contributed by atoms with van der Waals surface area (Å²) >= 11 is 1.74. The SMILES string of the molecule is CSn1cc(C)c2ccccc21. The van der Waals surface area contributed by atoms with Gasteiger partial charge in [0.25, 0.3) is 0 Å². The fraction of sp³-hybridized carbons (Fsp3) is 0.200. The Morgan fingerprint density at radius 2 is 2.00 bits per heavy atom. The van der Waals surface area contributed by atoms with E-state index in [0.717, 1.165) is 0 Å². The van der Waals surface area contributed by atoms with Crippen LogP contribution in [0.2, 0.25) is 0 Å². The highest BCUT2D eigenvalue weighted by Crippen LogP contribution is 2.23. The molecular weight excluding hydrogens is 166 g/mol. The first-order valence-electron chi connectivity index (χ1n) is 3.94. The Bertz CT molecular complexity index is 403. The van der Waals surface area contributed by atoms with E-state index in [1.165, 1.54) is 16.5 Å². The average Bonchev–Trinajstić information content (AvgIpc) is 2.44. The van der Waals surface area contributed by atoms with Crippen LogP contribution in [0.3, 0.4) is 0 Å². The van der Waals surface area contributed by atoms with Gasteiger partial charge in [0, 0.05) is 17.8 Å². The molecule has 62 valence electrons. The molecular formula is C10H11NS.